The van der Waals surface area contributed by atoms with E-state index in [1.165, 1.54) is 6.08 Å². The molecule has 0 fully saturated rings. The molecule has 17 heavy (non-hydrogen) atoms. The maximum absolute atomic E-state index is 11.6. The Bertz CT molecular complexity index is 538. The fourth-order valence-corrected chi connectivity index (χ4v) is 1.44. The lowest BCUT2D eigenvalue weighted by molar-refractivity contribution is -0.111. The molecule has 2 aromatic heterocycles. The summed E-state index contributed by atoms with van der Waals surface area (Å²) >= 11 is 0. The molecule has 5 nitrogen and oxygen atoms in total. The van der Waals surface area contributed by atoms with Crippen molar-refractivity contribution in [2.24, 2.45) is 7.05 Å². The van der Waals surface area contributed by atoms with E-state index in [-0.39, 0.29) is 5.91 Å². The standard InChI is InChI=1S/C12H13N3O2/c1-9-8-11(15(2)14-9)13-12(16)6-5-10-4-3-7-17-10/h3-8H,1-2H3,(H,13,16). The lowest BCUT2D eigenvalue weighted by Crippen LogP contribution is -2.11. The van der Waals surface area contributed by atoms with Gasteiger partial charge in [-0.1, -0.05) is 0 Å². The minimum absolute atomic E-state index is 0.218. The Labute approximate surface area is 98.7 Å². The summed E-state index contributed by atoms with van der Waals surface area (Å²) in [6.45, 7) is 1.87. The Balaban J connectivity index is 2.00. The molecule has 0 aromatic carbocycles. The Hall–Kier alpha value is -2.30. The van der Waals surface area contributed by atoms with Crippen LogP contribution in [0.1, 0.15) is 11.5 Å². The molecule has 1 N–H and O–H groups in total. The second-order valence-electron chi connectivity index (χ2n) is 3.63. The lowest BCUT2D eigenvalue weighted by Gasteiger charge is -2.00. The van der Waals surface area contributed by atoms with Crippen molar-refractivity contribution < 1.29 is 9.21 Å². The van der Waals surface area contributed by atoms with Crippen molar-refractivity contribution in [3.05, 3.63) is 42.0 Å². The first-order chi connectivity index (χ1) is 8.15. The van der Waals surface area contributed by atoms with Gasteiger partial charge in [-0.05, 0) is 25.1 Å². The van der Waals surface area contributed by atoms with Crippen molar-refractivity contribution in [1.29, 1.82) is 0 Å². The van der Waals surface area contributed by atoms with E-state index >= 15 is 0 Å². The zero-order chi connectivity index (χ0) is 12.3. The zero-order valence-electron chi connectivity index (χ0n) is 9.68. The third-order valence-corrected chi connectivity index (χ3v) is 2.20. The number of carbonyl (C=O) groups is 1. The molecule has 2 aromatic rings. The van der Waals surface area contributed by atoms with E-state index < -0.39 is 0 Å². The van der Waals surface area contributed by atoms with Crippen LogP contribution in [0.5, 0.6) is 0 Å². The first-order valence-corrected chi connectivity index (χ1v) is 5.18. The monoisotopic (exact) mass is 231 g/mol. The summed E-state index contributed by atoms with van der Waals surface area (Å²) in [5.41, 5.74) is 0.859. The first-order valence-electron chi connectivity index (χ1n) is 5.18. The van der Waals surface area contributed by atoms with Crippen LogP contribution in [-0.4, -0.2) is 15.7 Å². The van der Waals surface area contributed by atoms with Crippen LogP contribution in [0.3, 0.4) is 0 Å². The van der Waals surface area contributed by atoms with Crippen molar-refractivity contribution in [2.75, 3.05) is 5.32 Å². The van der Waals surface area contributed by atoms with E-state index in [9.17, 15) is 4.79 Å². The van der Waals surface area contributed by atoms with Crippen molar-refractivity contribution in [3.8, 4) is 0 Å². The van der Waals surface area contributed by atoms with Crippen molar-refractivity contribution >= 4 is 17.8 Å². The quantitative estimate of drug-likeness (QED) is 0.821. The number of amides is 1. The predicted octanol–water partition coefficient (Wildman–Crippen LogP) is 1.97. The van der Waals surface area contributed by atoms with Crippen LogP contribution >= 0.6 is 0 Å². The van der Waals surface area contributed by atoms with Gasteiger partial charge in [-0.2, -0.15) is 5.10 Å². The number of rotatable bonds is 3. The Kier molecular flexibility index (Phi) is 3.09. The number of carbonyl (C=O) groups excluding carboxylic acids is 1. The molecule has 1 amide bonds. The molecule has 0 saturated heterocycles. The molecule has 0 atom stereocenters. The number of nitrogens with one attached hydrogen (secondary N) is 1. The van der Waals surface area contributed by atoms with Crippen LogP contribution < -0.4 is 5.32 Å². The largest absolute Gasteiger partial charge is 0.465 e. The van der Waals surface area contributed by atoms with E-state index in [1.54, 1.807) is 42.3 Å². The number of hydrogen-bond acceptors (Lipinski definition) is 3. The van der Waals surface area contributed by atoms with Crippen LogP contribution in [0.15, 0.2) is 35.0 Å². The van der Waals surface area contributed by atoms with Gasteiger partial charge in [0.15, 0.2) is 0 Å². The number of aromatic nitrogens is 2. The van der Waals surface area contributed by atoms with Crippen LogP contribution in [0.25, 0.3) is 6.08 Å². The molecule has 0 bridgehead atoms. The van der Waals surface area contributed by atoms with Gasteiger partial charge in [0.05, 0.1) is 12.0 Å². The van der Waals surface area contributed by atoms with Crippen molar-refractivity contribution in [3.63, 3.8) is 0 Å². The van der Waals surface area contributed by atoms with E-state index in [1.807, 2.05) is 6.92 Å². The van der Waals surface area contributed by atoms with E-state index in [2.05, 4.69) is 10.4 Å². The van der Waals surface area contributed by atoms with Gasteiger partial charge in [-0.15, -0.1) is 0 Å². The highest BCUT2D eigenvalue weighted by atomic mass is 16.3. The minimum Gasteiger partial charge on any atom is -0.465 e. The van der Waals surface area contributed by atoms with Crippen LogP contribution in [0, 0.1) is 6.92 Å². The normalized spacial score (nSPS) is 10.9. The smallest absolute Gasteiger partial charge is 0.249 e. The summed E-state index contributed by atoms with van der Waals surface area (Å²) in [4.78, 5) is 11.6. The minimum atomic E-state index is -0.218. The Morgan fingerprint density at radius 1 is 1.59 bits per heavy atom. The number of aryl methyl sites for hydroxylation is 2. The molecule has 88 valence electrons. The highest BCUT2D eigenvalue weighted by Crippen LogP contribution is 2.08. The fraction of sp³-hybridized carbons (Fsp3) is 0.167. The van der Waals surface area contributed by atoms with Crippen molar-refractivity contribution in [2.45, 2.75) is 6.92 Å². The van der Waals surface area contributed by atoms with Gasteiger partial charge in [0.2, 0.25) is 5.91 Å². The molecule has 0 radical (unpaired) electrons. The zero-order valence-corrected chi connectivity index (χ0v) is 9.68. The third kappa shape index (κ3) is 2.84. The molecule has 0 aliphatic heterocycles. The van der Waals surface area contributed by atoms with E-state index in [0.29, 0.717) is 11.6 Å². The molecular weight excluding hydrogens is 218 g/mol. The summed E-state index contributed by atoms with van der Waals surface area (Å²) in [7, 11) is 1.78. The lowest BCUT2D eigenvalue weighted by atomic mass is 10.4. The number of nitrogens with zero attached hydrogens (tertiary/aromatic N) is 2. The highest BCUT2D eigenvalue weighted by molar-refractivity contribution is 6.01. The average molecular weight is 231 g/mol. The Morgan fingerprint density at radius 3 is 3.00 bits per heavy atom. The van der Waals surface area contributed by atoms with E-state index in [4.69, 9.17) is 4.42 Å². The summed E-state index contributed by atoms with van der Waals surface area (Å²) in [5.74, 6) is 1.09. The van der Waals surface area contributed by atoms with Gasteiger partial charge >= 0.3 is 0 Å². The molecule has 0 unspecified atom stereocenters. The fourth-order valence-electron chi connectivity index (χ4n) is 1.44. The van der Waals surface area contributed by atoms with Crippen LogP contribution in [0.2, 0.25) is 0 Å². The van der Waals surface area contributed by atoms with Gasteiger partial charge in [0.1, 0.15) is 11.6 Å². The van der Waals surface area contributed by atoms with Crippen LogP contribution in [-0.2, 0) is 11.8 Å². The molecule has 0 aliphatic carbocycles. The molecule has 0 aliphatic rings. The molecule has 0 saturated carbocycles. The van der Waals surface area contributed by atoms with Gasteiger partial charge in [-0.3, -0.25) is 9.48 Å². The summed E-state index contributed by atoms with van der Waals surface area (Å²) in [6.07, 6.45) is 4.59. The predicted molar refractivity (Wildman–Crippen MR) is 64.3 cm³/mol. The summed E-state index contributed by atoms with van der Waals surface area (Å²) < 4.78 is 6.70. The second-order valence-corrected chi connectivity index (χ2v) is 3.63. The molecule has 5 heteroatoms. The van der Waals surface area contributed by atoms with Gasteiger partial charge in [-0.25, -0.2) is 0 Å². The summed E-state index contributed by atoms with van der Waals surface area (Å²) in [5, 5.41) is 6.86. The van der Waals surface area contributed by atoms with Gasteiger partial charge in [0, 0.05) is 19.2 Å². The highest BCUT2D eigenvalue weighted by Gasteiger charge is 2.04. The topological polar surface area (TPSA) is 60.1 Å². The van der Waals surface area contributed by atoms with Gasteiger partial charge < -0.3 is 9.73 Å². The maximum Gasteiger partial charge on any atom is 0.249 e. The molecule has 0 spiro atoms. The first kappa shape index (κ1) is 11.2. The molecule has 2 rings (SSSR count). The van der Waals surface area contributed by atoms with Crippen molar-refractivity contribution in [1.82, 2.24) is 9.78 Å². The molecular formula is C12H13N3O2. The average Bonchev–Trinajstić information content (AvgIpc) is 2.87. The number of anilines is 1. The number of hydrogen-bond donors (Lipinski definition) is 1. The van der Waals surface area contributed by atoms with Gasteiger partial charge in [0.25, 0.3) is 0 Å². The Morgan fingerprint density at radius 2 is 2.41 bits per heavy atom. The number of furan rings is 1. The van der Waals surface area contributed by atoms with E-state index in [0.717, 1.165) is 5.69 Å². The molecule has 2 heterocycles. The second kappa shape index (κ2) is 4.69. The third-order valence-electron chi connectivity index (χ3n) is 2.20. The summed E-state index contributed by atoms with van der Waals surface area (Å²) in [6, 6.07) is 5.35. The SMILES string of the molecule is Cc1cc(NC(=O)C=Cc2ccco2)n(C)n1. The van der Waals surface area contributed by atoms with Crippen LogP contribution in [0.4, 0.5) is 5.82 Å². The maximum atomic E-state index is 11.6.